The van der Waals surface area contributed by atoms with Gasteiger partial charge in [0.25, 0.3) is 5.22 Å². The summed E-state index contributed by atoms with van der Waals surface area (Å²) < 4.78 is 5.77. The molecule has 1 fully saturated rings. The van der Waals surface area contributed by atoms with Crippen molar-refractivity contribution in [3.8, 4) is 0 Å². The lowest BCUT2D eigenvalue weighted by Crippen LogP contribution is -2.04. The molecule has 5 heteroatoms. The summed E-state index contributed by atoms with van der Waals surface area (Å²) in [6.07, 6.45) is 9.51. The maximum absolute atomic E-state index is 12.4. The molecule has 1 saturated carbocycles. The van der Waals surface area contributed by atoms with E-state index in [4.69, 9.17) is 4.42 Å². The lowest BCUT2D eigenvalue weighted by Gasteiger charge is -2.17. The Morgan fingerprint density at radius 1 is 1.08 bits per heavy atom. The highest BCUT2D eigenvalue weighted by Crippen LogP contribution is 2.33. The molecule has 4 rings (SSSR count). The molecule has 2 aromatic rings. The van der Waals surface area contributed by atoms with Crippen molar-refractivity contribution < 1.29 is 9.21 Å². The van der Waals surface area contributed by atoms with Gasteiger partial charge in [0.1, 0.15) is 0 Å². The smallest absolute Gasteiger partial charge is 0.277 e. The number of hydrogen-bond donors (Lipinski definition) is 0. The number of nitrogens with zero attached hydrogens (tertiary/aromatic N) is 2. The van der Waals surface area contributed by atoms with Crippen molar-refractivity contribution in [2.45, 2.75) is 62.5 Å². The second kappa shape index (κ2) is 7.09. The number of carbonyl (C=O) groups excluding carboxylic acids is 1. The van der Waals surface area contributed by atoms with Gasteiger partial charge in [0.2, 0.25) is 5.89 Å². The van der Waals surface area contributed by atoms with E-state index in [2.05, 4.69) is 22.3 Å². The fourth-order valence-corrected chi connectivity index (χ4v) is 4.41. The normalized spacial score (nSPS) is 17.8. The molecule has 0 amide bonds. The van der Waals surface area contributed by atoms with Gasteiger partial charge in [-0.1, -0.05) is 43.2 Å². The molecule has 0 N–H and O–H groups in total. The van der Waals surface area contributed by atoms with E-state index in [0.29, 0.717) is 16.9 Å². The molecule has 126 valence electrons. The van der Waals surface area contributed by atoms with Crippen molar-refractivity contribution in [3.05, 3.63) is 40.8 Å². The van der Waals surface area contributed by atoms with Crippen LogP contribution in [0.15, 0.2) is 27.8 Å². The van der Waals surface area contributed by atoms with Gasteiger partial charge in [0, 0.05) is 11.5 Å². The number of ketones is 1. The highest BCUT2D eigenvalue weighted by Gasteiger charge is 2.22. The monoisotopic (exact) mass is 342 g/mol. The molecule has 0 unspecified atom stereocenters. The van der Waals surface area contributed by atoms with Crippen LogP contribution in [0.2, 0.25) is 0 Å². The van der Waals surface area contributed by atoms with Crippen LogP contribution in [0.4, 0.5) is 0 Å². The molecule has 4 nitrogen and oxygen atoms in total. The van der Waals surface area contributed by atoms with Crippen LogP contribution in [-0.4, -0.2) is 21.7 Å². The van der Waals surface area contributed by atoms with Crippen LogP contribution in [0, 0.1) is 0 Å². The Labute approximate surface area is 146 Å². The molecule has 0 atom stereocenters. The molecule has 2 aliphatic rings. The average Bonchev–Trinajstić information content (AvgIpc) is 3.29. The zero-order valence-electron chi connectivity index (χ0n) is 13.8. The predicted molar refractivity (Wildman–Crippen MR) is 93.6 cm³/mol. The van der Waals surface area contributed by atoms with E-state index >= 15 is 0 Å². The highest BCUT2D eigenvalue weighted by molar-refractivity contribution is 7.99. The first-order valence-electron chi connectivity index (χ1n) is 8.91. The van der Waals surface area contributed by atoms with Crippen molar-refractivity contribution in [1.29, 1.82) is 0 Å². The standard InChI is InChI=1S/C19H22N2O2S/c22-17(16-10-9-13-7-4-8-15(13)11-16)12-24-19-21-20-18(23-19)14-5-2-1-3-6-14/h9-11,14H,1-8,12H2. The van der Waals surface area contributed by atoms with Crippen LogP contribution >= 0.6 is 11.8 Å². The van der Waals surface area contributed by atoms with Crippen LogP contribution in [0.3, 0.4) is 0 Å². The van der Waals surface area contributed by atoms with Gasteiger partial charge >= 0.3 is 0 Å². The number of fused-ring (bicyclic) bond motifs is 1. The van der Waals surface area contributed by atoms with Gasteiger partial charge in [0.15, 0.2) is 5.78 Å². The molecule has 1 aromatic heterocycles. The van der Waals surface area contributed by atoms with E-state index in [1.807, 2.05) is 6.07 Å². The summed E-state index contributed by atoms with van der Waals surface area (Å²) in [5.74, 6) is 1.65. The summed E-state index contributed by atoms with van der Waals surface area (Å²) in [4.78, 5) is 12.4. The molecule has 1 aromatic carbocycles. The third-order valence-corrected chi connectivity index (χ3v) is 5.94. The van der Waals surface area contributed by atoms with Gasteiger partial charge in [-0.2, -0.15) is 0 Å². The Morgan fingerprint density at radius 3 is 2.79 bits per heavy atom. The maximum atomic E-state index is 12.4. The predicted octanol–water partition coefficient (Wildman–Crippen LogP) is 4.58. The zero-order chi connectivity index (χ0) is 16.4. The topological polar surface area (TPSA) is 56.0 Å². The summed E-state index contributed by atoms with van der Waals surface area (Å²) in [5.41, 5.74) is 3.53. The van der Waals surface area contributed by atoms with Gasteiger partial charge in [-0.25, -0.2) is 0 Å². The molecule has 1 heterocycles. The van der Waals surface area contributed by atoms with Crippen LogP contribution in [-0.2, 0) is 12.8 Å². The molecular weight excluding hydrogens is 320 g/mol. The number of Topliss-reactive ketones (excluding diaryl/α,β-unsaturated/α-hetero) is 1. The molecule has 2 aliphatic carbocycles. The summed E-state index contributed by atoms with van der Waals surface area (Å²) >= 11 is 1.35. The van der Waals surface area contributed by atoms with E-state index in [1.54, 1.807) is 0 Å². The minimum absolute atomic E-state index is 0.132. The number of aromatic nitrogens is 2. The number of thioether (sulfide) groups is 1. The fourth-order valence-electron chi connectivity index (χ4n) is 3.75. The minimum atomic E-state index is 0.132. The fraction of sp³-hybridized carbons (Fsp3) is 0.526. The van der Waals surface area contributed by atoms with Gasteiger partial charge in [-0.15, -0.1) is 10.2 Å². The average molecular weight is 342 g/mol. The summed E-state index contributed by atoms with van der Waals surface area (Å²) in [5, 5.41) is 8.82. The van der Waals surface area contributed by atoms with E-state index in [0.717, 1.165) is 37.1 Å². The number of hydrogen-bond acceptors (Lipinski definition) is 5. The Bertz CT molecular complexity index is 735. The first-order chi connectivity index (χ1) is 11.8. The van der Waals surface area contributed by atoms with Crippen LogP contribution in [0.5, 0.6) is 0 Å². The van der Waals surface area contributed by atoms with Gasteiger partial charge in [-0.05, 0) is 49.3 Å². The van der Waals surface area contributed by atoms with Crippen LogP contribution in [0.25, 0.3) is 0 Å². The number of benzene rings is 1. The van der Waals surface area contributed by atoms with Crippen LogP contribution < -0.4 is 0 Å². The maximum Gasteiger partial charge on any atom is 0.277 e. The van der Waals surface area contributed by atoms with Crippen LogP contribution in [0.1, 0.15) is 71.8 Å². The van der Waals surface area contributed by atoms with Crippen molar-refractivity contribution in [2.75, 3.05) is 5.75 Å². The lowest BCUT2D eigenvalue weighted by atomic mass is 9.89. The third kappa shape index (κ3) is 3.41. The Hall–Kier alpha value is -1.62. The van der Waals surface area contributed by atoms with E-state index < -0.39 is 0 Å². The van der Waals surface area contributed by atoms with E-state index in [9.17, 15) is 4.79 Å². The minimum Gasteiger partial charge on any atom is -0.416 e. The summed E-state index contributed by atoms with van der Waals surface area (Å²) in [6.45, 7) is 0. The molecule has 0 spiro atoms. The molecule has 0 radical (unpaired) electrons. The number of rotatable bonds is 5. The van der Waals surface area contributed by atoms with E-state index in [-0.39, 0.29) is 5.78 Å². The molecule has 0 saturated heterocycles. The number of carbonyl (C=O) groups is 1. The first kappa shape index (κ1) is 15.9. The number of aryl methyl sites for hydroxylation is 2. The second-order valence-corrected chi connectivity index (χ2v) is 7.72. The highest BCUT2D eigenvalue weighted by atomic mass is 32.2. The molecule has 0 aliphatic heterocycles. The van der Waals surface area contributed by atoms with Gasteiger partial charge in [-0.3, -0.25) is 4.79 Å². The Kier molecular flexibility index (Phi) is 4.69. The largest absolute Gasteiger partial charge is 0.416 e. The summed E-state index contributed by atoms with van der Waals surface area (Å²) in [6, 6.07) is 6.12. The third-order valence-electron chi connectivity index (χ3n) is 5.12. The molecule has 0 bridgehead atoms. The van der Waals surface area contributed by atoms with Crippen molar-refractivity contribution >= 4 is 17.5 Å². The first-order valence-corrected chi connectivity index (χ1v) is 9.89. The lowest BCUT2D eigenvalue weighted by molar-refractivity contribution is 0.102. The SMILES string of the molecule is O=C(CSc1nnc(C2CCCCC2)o1)c1ccc2c(c1)CCC2. The van der Waals surface area contributed by atoms with Crippen molar-refractivity contribution in [1.82, 2.24) is 10.2 Å². The quantitative estimate of drug-likeness (QED) is 0.588. The second-order valence-electron chi connectivity index (χ2n) is 6.79. The van der Waals surface area contributed by atoms with Gasteiger partial charge in [0.05, 0.1) is 5.75 Å². The van der Waals surface area contributed by atoms with Crippen molar-refractivity contribution in [3.63, 3.8) is 0 Å². The van der Waals surface area contributed by atoms with Gasteiger partial charge < -0.3 is 4.42 Å². The summed E-state index contributed by atoms with van der Waals surface area (Å²) in [7, 11) is 0. The van der Waals surface area contributed by atoms with E-state index in [1.165, 1.54) is 48.6 Å². The van der Waals surface area contributed by atoms with Crippen molar-refractivity contribution in [2.24, 2.45) is 0 Å². The molecular formula is C19H22N2O2S. The Morgan fingerprint density at radius 2 is 1.92 bits per heavy atom. The Balaban J connectivity index is 1.36. The molecule has 24 heavy (non-hydrogen) atoms. The zero-order valence-corrected chi connectivity index (χ0v) is 14.6.